The van der Waals surface area contributed by atoms with Gasteiger partial charge in [-0.1, -0.05) is 53.9 Å². The molecule has 0 heterocycles. The van der Waals surface area contributed by atoms with Crippen molar-refractivity contribution in [2.45, 2.75) is 118 Å². The van der Waals surface area contributed by atoms with Crippen molar-refractivity contribution in [3.63, 3.8) is 0 Å². The molecule has 3 unspecified atom stereocenters. The highest BCUT2D eigenvalue weighted by Gasteiger charge is 2.60. The molecule has 0 bridgehead atoms. The lowest BCUT2D eigenvalue weighted by molar-refractivity contribution is -0.129. The summed E-state index contributed by atoms with van der Waals surface area (Å²) in [6.07, 6.45) is 16.6. The molecule has 1 heteroatoms. The standard InChI is InChI=1S/C27H48O/c1-18(2)7-6-8-19(3)23-11-12-24-22-10-9-20-17-21(28)13-15-26(20,4)25(22)14-16-27(23,24)5/h18-25,28H,6-17H2,1-5H3/t19-,20?,21-,22+,23-,24+,25?,26?,27-/m1/s1. The Hall–Kier alpha value is -0.0400. The van der Waals surface area contributed by atoms with Crippen molar-refractivity contribution in [2.24, 2.45) is 52.3 Å². The second kappa shape index (κ2) is 7.90. The van der Waals surface area contributed by atoms with E-state index in [-0.39, 0.29) is 6.10 Å². The van der Waals surface area contributed by atoms with Crippen LogP contribution in [0.15, 0.2) is 0 Å². The molecular weight excluding hydrogens is 340 g/mol. The Kier molecular flexibility index (Phi) is 5.98. The highest BCUT2D eigenvalue weighted by atomic mass is 16.3. The van der Waals surface area contributed by atoms with Crippen molar-refractivity contribution in [1.29, 1.82) is 0 Å². The van der Waals surface area contributed by atoms with Crippen molar-refractivity contribution >= 4 is 0 Å². The van der Waals surface area contributed by atoms with Gasteiger partial charge in [0.2, 0.25) is 0 Å². The third kappa shape index (κ3) is 3.50. The Morgan fingerprint density at radius 3 is 2.29 bits per heavy atom. The summed E-state index contributed by atoms with van der Waals surface area (Å²) in [5.41, 5.74) is 1.15. The lowest BCUT2D eigenvalue weighted by Gasteiger charge is -2.61. The SMILES string of the molecule is CC(C)CCC[C@@H](C)[C@H]1CC[C@H]2[C@@H]3CCC4C[C@H](O)CCC4(C)C3CC[C@]12C. The molecule has 4 aliphatic rings. The van der Waals surface area contributed by atoms with Crippen LogP contribution in [0.2, 0.25) is 0 Å². The Morgan fingerprint density at radius 2 is 1.54 bits per heavy atom. The van der Waals surface area contributed by atoms with Crippen LogP contribution in [0.3, 0.4) is 0 Å². The van der Waals surface area contributed by atoms with Crippen LogP contribution in [0, 0.1) is 52.3 Å². The van der Waals surface area contributed by atoms with Gasteiger partial charge in [-0.2, -0.15) is 0 Å². The normalized spacial score (nSPS) is 49.4. The lowest BCUT2D eigenvalue weighted by atomic mass is 9.44. The molecule has 0 saturated heterocycles. The molecule has 0 amide bonds. The van der Waals surface area contributed by atoms with Gasteiger partial charge in [0.1, 0.15) is 0 Å². The van der Waals surface area contributed by atoms with Crippen molar-refractivity contribution < 1.29 is 5.11 Å². The zero-order valence-electron chi connectivity index (χ0n) is 19.6. The minimum absolute atomic E-state index is 0.00830. The highest BCUT2D eigenvalue weighted by Crippen LogP contribution is 2.68. The average molecular weight is 389 g/mol. The Bertz CT molecular complexity index is 540. The number of hydrogen-bond donors (Lipinski definition) is 1. The summed E-state index contributed by atoms with van der Waals surface area (Å²) >= 11 is 0. The molecular formula is C27H48O. The topological polar surface area (TPSA) is 20.2 Å². The van der Waals surface area contributed by atoms with Gasteiger partial charge in [-0.05, 0) is 110 Å². The molecule has 4 rings (SSSR count). The number of aliphatic hydroxyl groups is 1. The lowest BCUT2D eigenvalue weighted by Crippen LogP contribution is -2.54. The summed E-state index contributed by atoms with van der Waals surface area (Å²) in [5.74, 6) is 6.49. The van der Waals surface area contributed by atoms with E-state index in [1.165, 1.54) is 64.2 Å². The van der Waals surface area contributed by atoms with E-state index in [9.17, 15) is 5.11 Å². The van der Waals surface area contributed by atoms with E-state index in [4.69, 9.17) is 0 Å². The predicted octanol–water partition coefficient (Wildman–Crippen LogP) is 7.47. The molecule has 4 saturated carbocycles. The van der Waals surface area contributed by atoms with Crippen LogP contribution < -0.4 is 0 Å². The summed E-state index contributed by atoms with van der Waals surface area (Å²) in [6.45, 7) is 12.7. The number of fused-ring (bicyclic) bond motifs is 5. The molecule has 0 aromatic heterocycles. The first-order valence-corrected chi connectivity index (χ1v) is 12.9. The number of aliphatic hydroxyl groups excluding tert-OH is 1. The fourth-order valence-electron chi connectivity index (χ4n) is 9.26. The highest BCUT2D eigenvalue weighted by molar-refractivity contribution is 5.09. The fraction of sp³-hybridized carbons (Fsp3) is 1.00. The van der Waals surface area contributed by atoms with Gasteiger partial charge in [-0.3, -0.25) is 0 Å². The van der Waals surface area contributed by atoms with E-state index < -0.39 is 0 Å². The summed E-state index contributed by atoms with van der Waals surface area (Å²) < 4.78 is 0. The molecule has 0 aliphatic heterocycles. The third-order valence-electron chi connectivity index (χ3n) is 10.8. The molecule has 4 aliphatic carbocycles. The smallest absolute Gasteiger partial charge is 0.0543 e. The van der Waals surface area contributed by atoms with E-state index >= 15 is 0 Å². The van der Waals surface area contributed by atoms with E-state index in [1.807, 2.05) is 0 Å². The van der Waals surface area contributed by atoms with Crippen LogP contribution in [0.4, 0.5) is 0 Å². The average Bonchev–Trinajstić information content (AvgIpc) is 2.99. The first-order valence-electron chi connectivity index (χ1n) is 12.9. The van der Waals surface area contributed by atoms with E-state index in [2.05, 4.69) is 34.6 Å². The van der Waals surface area contributed by atoms with E-state index in [1.54, 1.807) is 0 Å². The second-order valence-electron chi connectivity index (χ2n) is 12.6. The quantitative estimate of drug-likeness (QED) is 0.518. The van der Waals surface area contributed by atoms with Gasteiger partial charge in [-0.15, -0.1) is 0 Å². The van der Waals surface area contributed by atoms with Gasteiger partial charge in [0, 0.05) is 0 Å². The minimum atomic E-state index is -0.00830. The summed E-state index contributed by atoms with van der Waals surface area (Å²) in [5, 5.41) is 10.3. The monoisotopic (exact) mass is 388 g/mol. The molecule has 28 heavy (non-hydrogen) atoms. The zero-order chi connectivity index (χ0) is 20.1. The molecule has 0 aromatic rings. The van der Waals surface area contributed by atoms with Gasteiger partial charge in [0.15, 0.2) is 0 Å². The van der Waals surface area contributed by atoms with Crippen molar-refractivity contribution in [3.8, 4) is 0 Å². The maximum atomic E-state index is 10.3. The van der Waals surface area contributed by atoms with Gasteiger partial charge < -0.3 is 5.11 Å². The van der Waals surface area contributed by atoms with Gasteiger partial charge in [0.05, 0.1) is 6.10 Å². The molecule has 0 radical (unpaired) electrons. The van der Waals surface area contributed by atoms with Crippen molar-refractivity contribution in [2.75, 3.05) is 0 Å². The van der Waals surface area contributed by atoms with Gasteiger partial charge in [-0.25, -0.2) is 0 Å². The predicted molar refractivity (Wildman–Crippen MR) is 119 cm³/mol. The van der Waals surface area contributed by atoms with Crippen LogP contribution in [0.25, 0.3) is 0 Å². The summed E-state index contributed by atoms with van der Waals surface area (Å²) in [6, 6.07) is 0. The molecule has 0 aromatic carbocycles. The van der Waals surface area contributed by atoms with Crippen molar-refractivity contribution in [3.05, 3.63) is 0 Å². The van der Waals surface area contributed by atoms with E-state index in [0.717, 1.165) is 54.3 Å². The zero-order valence-corrected chi connectivity index (χ0v) is 19.6. The van der Waals surface area contributed by atoms with Gasteiger partial charge in [0.25, 0.3) is 0 Å². The van der Waals surface area contributed by atoms with Crippen LogP contribution in [-0.4, -0.2) is 11.2 Å². The Balaban J connectivity index is 1.46. The largest absolute Gasteiger partial charge is 0.393 e. The van der Waals surface area contributed by atoms with Crippen LogP contribution >= 0.6 is 0 Å². The maximum absolute atomic E-state index is 10.3. The summed E-state index contributed by atoms with van der Waals surface area (Å²) in [4.78, 5) is 0. The molecule has 1 N–H and O–H groups in total. The first kappa shape index (κ1) is 21.2. The van der Waals surface area contributed by atoms with Crippen LogP contribution in [0.1, 0.15) is 112 Å². The molecule has 162 valence electrons. The fourth-order valence-corrected chi connectivity index (χ4v) is 9.26. The molecule has 1 nitrogen and oxygen atoms in total. The second-order valence-corrected chi connectivity index (χ2v) is 12.6. The van der Waals surface area contributed by atoms with Crippen LogP contribution in [-0.2, 0) is 0 Å². The van der Waals surface area contributed by atoms with Crippen LogP contribution in [0.5, 0.6) is 0 Å². The molecule has 9 atom stereocenters. The number of rotatable bonds is 5. The molecule has 0 spiro atoms. The maximum Gasteiger partial charge on any atom is 0.0543 e. The Labute approximate surface area is 175 Å². The first-order chi connectivity index (χ1) is 13.3. The van der Waals surface area contributed by atoms with E-state index in [0.29, 0.717) is 10.8 Å². The number of hydrogen-bond acceptors (Lipinski definition) is 1. The van der Waals surface area contributed by atoms with Crippen molar-refractivity contribution in [1.82, 2.24) is 0 Å². The third-order valence-corrected chi connectivity index (χ3v) is 10.8. The van der Waals surface area contributed by atoms with Gasteiger partial charge >= 0.3 is 0 Å². The minimum Gasteiger partial charge on any atom is -0.393 e. The summed E-state index contributed by atoms with van der Waals surface area (Å²) in [7, 11) is 0. The molecule has 4 fully saturated rings. The Morgan fingerprint density at radius 1 is 0.821 bits per heavy atom.